The maximum atomic E-state index is 12.9. The lowest BCUT2D eigenvalue weighted by atomic mass is 9.81. The van der Waals surface area contributed by atoms with E-state index >= 15 is 0 Å². The van der Waals surface area contributed by atoms with Crippen LogP contribution in [0.4, 0.5) is 0 Å². The first-order valence-electron chi connectivity index (χ1n) is 10.9. The summed E-state index contributed by atoms with van der Waals surface area (Å²) >= 11 is 0. The highest BCUT2D eigenvalue weighted by atomic mass is 16.5. The Hall–Kier alpha value is -0.610. The van der Waals surface area contributed by atoms with Gasteiger partial charge in [-0.2, -0.15) is 0 Å². The lowest BCUT2D eigenvalue weighted by Gasteiger charge is -2.33. The topological polar surface area (TPSA) is 64.3 Å². The van der Waals surface area contributed by atoms with E-state index in [2.05, 4.69) is 5.32 Å². The van der Waals surface area contributed by atoms with Crippen molar-refractivity contribution in [2.75, 3.05) is 13.1 Å². The fourth-order valence-electron chi connectivity index (χ4n) is 5.12. The Morgan fingerprint density at radius 1 is 0.880 bits per heavy atom. The molecule has 3 aliphatic carbocycles. The van der Waals surface area contributed by atoms with Gasteiger partial charge in [0.1, 0.15) is 12.1 Å². The SMILES string of the molecule is NCC1CCC(CN[C@H](C(=O)OC2CCCC2)C2CCCCC2)CC1. The molecule has 0 unspecified atom stereocenters. The van der Waals surface area contributed by atoms with Gasteiger partial charge in [0, 0.05) is 0 Å². The molecular formula is C21H38N2O2. The number of carbonyl (C=O) groups is 1. The van der Waals surface area contributed by atoms with Crippen molar-refractivity contribution in [1.82, 2.24) is 5.32 Å². The third-order valence-electron chi connectivity index (χ3n) is 6.89. The summed E-state index contributed by atoms with van der Waals surface area (Å²) in [5.74, 6) is 1.93. The molecule has 0 saturated heterocycles. The van der Waals surface area contributed by atoms with Gasteiger partial charge in [0.2, 0.25) is 0 Å². The quantitative estimate of drug-likeness (QED) is 0.686. The van der Waals surface area contributed by atoms with Crippen LogP contribution in [0.3, 0.4) is 0 Å². The zero-order valence-corrected chi connectivity index (χ0v) is 15.9. The first-order valence-corrected chi connectivity index (χ1v) is 10.9. The average molecular weight is 351 g/mol. The van der Waals surface area contributed by atoms with Crippen LogP contribution in [0.25, 0.3) is 0 Å². The fourth-order valence-corrected chi connectivity index (χ4v) is 5.12. The van der Waals surface area contributed by atoms with E-state index in [1.165, 1.54) is 70.6 Å². The molecule has 3 fully saturated rings. The number of esters is 1. The number of nitrogens with two attached hydrogens (primary N) is 1. The molecule has 4 heteroatoms. The molecule has 0 aromatic rings. The normalized spacial score (nSPS) is 30.3. The minimum Gasteiger partial charge on any atom is -0.461 e. The van der Waals surface area contributed by atoms with Crippen LogP contribution in [-0.4, -0.2) is 31.2 Å². The molecule has 1 atom stereocenters. The summed E-state index contributed by atoms with van der Waals surface area (Å²) in [6.07, 6.45) is 16.0. The second-order valence-corrected chi connectivity index (χ2v) is 8.75. The largest absolute Gasteiger partial charge is 0.461 e. The maximum Gasteiger partial charge on any atom is 0.323 e. The van der Waals surface area contributed by atoms with E-state index in [9.17, 15) is 4.79 Å². The summed E-state index contributed by atoms with van der Waals surface area (Å²) in [5.41, 5.74) is 5.81. The van der Waals surface area contributed by atoms with Gasteiger partial charge in [0.25, 0.3) is 0 Å². The highest BCUT2D eigenvalue weighted by Gasteiger charge is 2.33. The van der Waals surface area contributed by atoms with E-state index in [1.807, 2.05) is 0 Å². The molecule has 3 aliphatic rings. The Balaban J connectivity index is 1.51. The molecule has 0 spiro atoms. The lowest BCUT2D eigenvalue weighted by molar-refractivity contribution is -0.153. The van der Waals surface area contributed by atoms with Gasteiger partial charge in [-0.3, -0.25) is 4.79 Å². The van der Waals surface area contributed by atoms with Crippen LogP contribution in [-0.2, 0) is 9.53 Å². The zero-order chi connectivity index (χ0) is 17.5. The second-order valence-electron chi connectivity index (χ2n) is 8.75. The summed E-state index contributed by atoms with van der Waals surface area (Å²) in [4.78, 5) is 12.9. The van der Waals surface area contributed by atoms with E-state index in [0.29, 0.717) is 11.8 Å². The van der Waals surface area contributed by atoms with Crippen molar-refractivity contribution >= 4 is 5.97 Å². The minimum absolute atomic E-state index is 0.0365. The lowest BCUT2D eigenvalue weighted by Crippen LogP contribution is -2.47. The highest BCUT2D eigenvalue weighted by Crippen LogP contribution is 2.31. The first-order chi connectivity index (χ1) is 12.3. The highest BCUT2D eigenvalue weighted by molar-refractivity contribution is 5.76. The van der Waals surface area contributed by atoms with Crippen molar-refractivity contribution < 1.29 is 9.53 Å². The van der Waals surface area contributed by atoms with Crippen molar-refractivity contribution in [3.8, 4) is 0 Å². The van der Waals surface area contributed by atoms with Gasteiger partial charge < -0.3 is 15.8 Å². The number of nitrogens with one attached hydrogen (secondary N) is 1. The summed E-state index contributed by atoms with van der Waals surface area (Å²) < 4.78 is 5.88. The molecule has 0 amide bonds. The Bertz CT molecular complexity index is 395. The molecule has 3 saturated carbocycles. The molecule has 0 radical (unpaired) electrons. The maximum absolute atomic E-state index is 12.9. The molecule has 144 valence electrons. The first kappa shape index (κ1) is 19.2. The van der Waals surface area contributed by atoms with Gasteiger partial charge in [-0.1, -0.05) is 19.3 Å². The van der Waals surface area contributed by atoms with Crippen molar-refractivity contribution in [3.05, 3.63) is 0 Å². The molecule has 0 aromatic carbocycles. The van der Waals surface area contributed by atoms with Crippen LogP contribution in [0.1, 0.15) is 83.5 Å². The molecular weight excluding hydrogens is 312 g/mol. The smallest absolute Gasteiger partial charge is 0.323 e. The van der Waals surface area contributed by atoms with Crippen molar-refractivity contribution in [2.45, 2.75) is 95.6 Å². The molecule has 0 aromatic heterocycles. The predicted molar refractivity (Wildman–Crippen MR) is 101 cm³/mol. The number of rotatable bonds is 7. The molecule has 25 heavy (non-hydrogen) atoms. The van der Waals surface area contributed by atoms with Gasteiger partial charge in [-0.15, -0.1) is 0 Å². The Morgan fingerprint density at radius 2 is 1.48 bits per heavy atom. The van der Waals surface area contributed by atoms with E-state index in [4.69, 9.17) is 10.5 Å². The molecule has 3 N–H and O–H groups in total. The van der Waals surface area contributed by atoms with Crippen molar-refractivity contribution in [3.63, 3.8) is 0 Å². The van der Waals surface area contributed by atoms with Crippen molar-refractivity contribution in [1.29, 1.82) is 0 Å². The molecule has 3 rings (SSSR count). The number of hydrogen-bond acceptors (Lipinski definition) is 4. The van der Waals surface area contributed by atoms with E-state index in [-0.39, 0.29) is 18.1 Å². The Morgan fingerprint density at radius 3 is 2.12 bits per heavy atom. The zero-order valence-electron chi connectivity index (χ0n) is 15.9. The second kappa shape index (κ2) is 9.91. The Labute approximate surface area is 153 Å². The van der Waals surface area contributed by atoms with Gasteiger partial charge in [0.05, 0.1) is 0 Å². The fraction of sp³-hybridized carbons (Fsp3) is 0.952. The summed E-state index contributed by atoms with van der Waals surface area (Å²) in [6, 6.07) is -0.0758. The van der Waals surface area contributed by atoms with Gasteiger partial charge in [-0.25, -0.2) is 0 Å². The number of carbonyl (C=O) groups excluding carboxylic acids is 1. The summed E-state index contributed by atoms with van der Waals surface area (Å²) in [6.45, 7) is 1.80. The Kier molecular flexibility index (Phi) is 7.60. The third-order valence-corrected chi connectivity index (χ3v) is 6.89. The van der Waals surface area contributed by atoms with E-state index in [0.717, 1.165) is 31.8 Å². The molecule has 0 aliphatic heterocycles. The van der Waals surface area contributed by atoms with Crippen LogP contribution in [0.5, 0.6) is 0 Å². The van der Waals surface area contributed by atoms with Crippen LogP contribution >= 0.6 is 0 Å². The average Bonchev–Trinajstić information content (AvgIpc) is 3.16. The monoisotopic (exact) mass is 350 g/mol. The van der Waals surface area contributed by atoms with Crippen LogP contribution in [0.2, 0.25) is 0 Å². The standard InChI is InChI=1S/C21H38N2O2/c22-14-16-10-12-17(13-11-16)15-23-20(18-6-2-1-3-7-18)21(24)25-19-8-4-5-9-19/h16-20,23H,1-15,22H2/t16?,17?,20-/m0/s1. The van der Waals surface area contributed by atoms with Crippen LogP contribution in [0, 0.1) is 17.8 Å². The van der Waals surface area contributed by atoms with Gasteiger partial charge >= 0.3 is 5.97 Å². The number of ether oxygens (including phenoxy) is 1. The van der Waals surface area contributed by atoms with Crippen LogP contribution in [0.15, 0.2) is 0 Å². The predicted octanol–water partition coefficient (Wildman–Crippen LogP) is 3.78. The summed E-state index contributed by atoms with van der Waals surface area (Å²) in [5, 5.41) is 3.66. The van der Waals surface area contributed by atoms with E-state index < -0.39 is 0 Å². The summed E-state index contributed by atoms with van der Waals surface area (Å²) in [7, 11) is 0. The molecule has 0 heterocycles. The van der Waals surface area contributed by atoms with Crippen molar-refractivity contribution in [2.24, 2.45) is 23.5 Å². The molecule has 4 nitrogen and oxygen atoms in total. The van der Waals surface area contributed by atoms with Crippen LogP contribution < -0.4 is 11.1 Å². The van der Waals surface area contributed by atoms with E-state index in [1.54, 1.807) is 0 Å². The number of hydrogen-bond donors (Lipinski definition) is 2. The molecule has 0 bridgehead atoms. The minimum atomic E-state index is -0.0758. The van der Waals surface area contributed by atoms with Gasteiger partial charge in [-0.05, 0) is 95.1 Å². The third kappa shape index (κ3) is 5.68. The van der Waals surface area contributed by atoms with Gasteiger partial charge in [0.15, 0.2) is 0 Å².